The van der Waals surface area contributed by atoms with Crippen LogP contribution in [0.1, 0.15) is 25.7 Å². The van der Waals surface area contributed by atoms with Gasteiger partial charge >= 0.3 is 12.0 Å². The largest absolute Gasteiger partial charge is 0.481 e. The van der Waals surface area contributed by atoms with Crippen molar-refractivity contribution >= 4 is 29.0 Å². The smallest absolute Gasteiger partial charge is 0.319 e. The third-order valence-corrected chi connectivity index (χ3v) is 5.26. The van der Waals surface area contributed by atoms with Crippen molar-refractivity contribution in [1.29, 1.82) is 0 Å². The molecule has 0 saturated heterocycles. The fourth-order valence-corrected chi connectivity index (χ4v) is 3.75. The molecule has 1 fully saturated rings. The standard InChI is InChI=1S/C18H20N2O3S/c21-17(22)12-6-8-14(9-7-12)19-18(23)20-15-4-1-3-13(11-15)16-5-2-10-24-16/h1-5,10-12,14H,6-9H2,(H,21,22)(H2,19,20,23). The summed E-state index contributed by atoms with van der Waals surface area (Å²) in [6.45, 7) is 0. The Morgan fingerprint density at radius 3 is 2.54 bits per heavy atom. The van der Waals surface area contributed by atoms with Gasteiger partial charge in [0.05, 0.1) is 5.92 Å². The number of nitrogens with one attached hydrogen (secondary N) is 2. The number of hydrogen-bond donors (Lipinski definition) is 3. The summed E-state index contributed by atoms with van der Waals surface area (Å²) in [6.07, 6.45) is 2.65. The van der Waals surface area contributed by atoms with Crippen LogP contribution in [0.15, 0.2) is 41.8 Å². The molecule has 2 aromatic rings. The molecule has 3 rings (SSSR count). The van der Waals surface area contributed by atoms with E-state index in [0.717, 1.165) is 16.1 Å². The minimum atomic E-state index is -0.733. The predicted octanol–water partition coefficient (Wildman–Crippen LogP) is 4.18. The number of anilines is 1. The summed E-state index contributed by atoms with van der Waals surface area (Å²) in [7, 11) is 0. The fourth-order valence-electron chi connectivity index (χ4n) is 3.03. The molecule has 0 bridgehead atoms. The topological polar surface area (TPSA) is 78.4 Å². The molecule has 1 aliphatic carbocycles. The number of thiophene rings is 1. The molecule has 0 atom stereocenters. The maximum Gasteiger partial charge on any atom is 0.319 e. The zero-order valence-corrected chi connectivity index (χ0v) is 14.0. The SMILES string of the molecule is O=C(Nc1cccc(-c2cccs2)c1)NC1CCC(C(=O)O)CC1. The highest BCUT2D eigenvalue weighted by Crippen LogP contribution is 2.27. The van der Waals surface area contributed by atoms with E-state index in [2.05, 4.69) is 10.6 Å². The molecule has 0 unspecified atom stereocenters. The van der Waals surface area contributed by atoms with Crippen LogP contribution in [0.4, 0.5) is 10.5 Å². The second-order valence-electron chi connectivity index (χ2n) is 6.04. The zero-order valence-electron chi connectivity index (χ0n) is 13.2. The average Bonchev–Trinajstić information content (AvgIpc) is 3.10. The first-order valence-electron chi connectivity index (χ1n) is 8.06. The van der Waals surface area contributed by atoms with Crippen LogP contribution >= 0.6 is 11.3 Å². The molecule has 2 amide bonds. The monoisotopic (exact) mass is 344 g/mol. The summed E-state index contributed by atoms with van der Waals surface area (Å²) < 4.78 is 0. The third kappa shape index (κ3) is 4.14. The second kappa shape index (κ2) is 7.49. The van der Waals surface area contributed by atoms with Crippen LogP contribution in [0, 0.1) is 5.92 Å². The van der Waals surface area contributed by atoms with Gasteiger partial charge in [0.1, 0.15) is 0 Å². The molecule has 1 aliphatic rings. The summed E-state index contributed by atoms with van der Waals surface area (Å²) in [6, 6.07) is 11.6. The minimum Gasteiger partial charge on any atom is -0.481 e. The molecule has 5 nitrogen and oxygen atoms in total. The fraction of sp³-hybridized carbons (Fsp3) is 0.333. The number of aliphatic carboxylic acids is 1. The van der Waals surface area contributed by atoms with Crippen LogP contribution in [0.3, 0.4) is 0 Å². The minimum absolute atomic E-state index is 0.0427. The van der Waals surface area contributed by atoms with Gasteiger partial charge in [-0.1, -0.05) is 18.2 Å². The number of carbonyl (C=O) groups excluding carboxylic acids is 1. The van der Waals surface area contributed by atoms with Gasteiger partial charge in [-0.2, -0.15) is 0 Å². The van der Waals surface area contributed by atoms with Crippen LogP contribution in [0.2, 0.25) is 0 Å². The van der Waals surface area contributed by atoms with Gasteiger partial charge in [0.2, 0.25) is 0 Å². The number of hydrogen-bond acceptors (Lipinski definition) is 3. The van der Waals surface area contributed by atoms with E-state index in [0.29, 0.717) is 25.7 Å². The number of carboxylic acid groups (broad SMARTS) is 1. The highest BCUT2D eigenvalue weighted by Gasteiger charge is 2.26. The van der Waals surface area contributed by atoms with Gasteiger partial charge in [-0.25, -0.2) is 4.79 Å². The van der Waals surface area contributed by atoms with E-state index in [1.165, 1.54) is 0 Å². The van der Waals surface area contributed by atoms with Gasteiger partial charge < -0.3 is 15.7 Å². The number of benzene rings is 1. The van der Waals surface area contributed by atoms with Crippen LogP contribution in [0.25, 0.3) is 10.4 Å². The predicted molar refractivity (Wildman–Crippen MR) is 95.3 cm³/mol. The summed E-state index contributed by atoms with van der Waals surface area (Å²) in [5.41, 5.74) is 1.82. The second-order valence-corrected chi connectivity index (χ2v) is 6.99. The number of amides is 2. The Bertz CT molecular complexity index is 707. The average molecular weight is 344 g/mol. The summed E-state index contributed by atoms with van der Waals surface area (Å²) in [5, 5.41) is 16.8. The lowest BCUT2D eigenvalue weighted by atomic mass is 9.86. The normalized spacial score (nSPS) is 20.3. The lowest BCUT2D eigenvalue weighted by Crippen LogP contribution is -2.40. The Balaban J connectivity index is 1.54. The molecular formula is C18H20N2O3S. The van der Waals surface area contributed by atoms with Crippen molar-refractivity contribution in [3.05, 3.63) is 41.8 Å². The van der Waals surface area contributed by atoms with E-state index in [9.17, 15) is 9.59 Å². The molecule has 0 radical (unpaired) electrons. The molecule has 1 aromatic carbocycles. The van der Waals surface area contributed by atoms with Gasteiger partial charge in [0, 0.05) is 16.6 Å². The van der Waals surface area contributed by atoms with Crippen molar-refractivity contribution in [2.45, 2.75) is 31.7 Å². The highest BCUT2D eigenvalue weighted by molar-refractivity contribution is 7.13. The number of urea groups is 1. The summed E-state index contributed by atoms with van der Waals surface area (Å²) >= 11 is 1.66. The first kappa shape index (κ1) is 16.5. The van der Waals surface area contributed by atoms with E-state index >= 15 is 0 Å². The van der Waals surface area contributed by atoms with Crippen molar-refractivity contribution in [2.75, 3.05) is 5.32 Å². The highest BCUT2D eigenvalue weighted by atomic mass is 32.1. The molecule has 6 heteroatoms. The van der Waals surface area contributed by atoms with E-state index in [-0.39, 0.29) is 18.0 Å². The molecule has 24 heavy (non-hydrogen) atoms. The van der Waals surface area contributed by atoms with Crippen molar-refractivity contribution in [3.63, 3.8) is 0 Å². The van der Waals surface area contributed by atoms with Crippen molar-refractivity contribution in [2.24, 2.45) is 5.92 Å². The first-order valence-corrected chi connectivity index (χ1v) is 8.94. The van der Waals surface area contributed by atoms with E-state index in [4.69, 9.17) is 5.11 Å². The molecule has 1 heterocycles. The zero-order chi connectivity index (χ0) is 16.9. The molecule has 0 aliphatic heterocycles. The lowest BCUT2D eigenvalue weighted by Gasteiger charge is -2.26. The van der Waals surface area contributed by atoms with Gasteiger partial charge in [-0.05, 0) is 54.8 Å². The van der Waals surface area contributed by atoms with E-state index in [1.807, 2.05) is 41.8 Å². The van der Waals surface area contributed by atoms with Crippen LogP contribution in [0.5, 0.6) is 0 Å². The van der Waals surface area contributed by atoms with Crippen LogP contribution in [-0.2, 0) is 4.79 Å². The molecule has 1 saturated carbocycles. The lowest BCUT2D eigenvalue weighted by molar-refractivity contribution is -0.142. The Morgan fingerprint density at radius 1 is 1.08 bits per heavy atom. The van der Waals surface area contributed by atoms with Crippen molar-refractivity contribution in [3.8, 4) is 10.4 Å². The van der Waals surface area contributed by atoms with Crippen molar-refractivity contribution < 1.29 is 14.7 Å². The summed E-state index contributed by atoms with van der Waals surface area (Å²) in [4.78, 5) is 24.3. The summed E-state index contributed by atoms with van der Waals surface area (Å²) in [5.74, 6) is -1.00. The van der Waals surface area contributed by atoms with Crippen LogP contribution < -0.4 is 10.6 Å². The Labute approximate surface area is 144 Å². The number of rotatable bonds is 4. The number of carbonyl (C=O) groups is 2. The molecular weight excluding hydrogens is 324 g/mol. The van der Waals surface area contributed by atoms with Crippen molar-refractivity contribution in [1.82, 2.24) is 5.32 Å². The number of carboxylic acids is 1. The molecule has 0 spiro atoms. The Morgan fingerprint density at radius 2 is 1.88 bits per heavy atom. The van der Waals surface area contributed by atoms with Gasteiger partial charge in [-0.15, -0.1) is 11.3 Å². The Kier molecular flexibility index (Phi) is 5.15. The molecule has 126 valence electrons. The van der Waals surface area contributed by atoms with Gasteiger partial charge in [-0.3, -0.25) is 4.79 Å². The third-order valence-electron chi connectivity index (χ3n) is 4.34. The van der Waals surface area contributed by atoms with Gasteiger partial charge in [0.15, 0.2) is 0 Å². The van der Waals surface area contributed by atoms with Gasteiger partial charge in [0.25, 0.3) is 0 Å². The van der Waals surface area contributed by atoms with E-state index < -0.39 is 5.97 Å². The maximum absolute atomic E-state index is 12.2. The molecule has 1 aromatic heterocycles. The van der Waals surface area contributed by atoms with E-state index in [1.54, 1.807) is 11.3 Å². The molecule has 3 N–H and O–H groups in total. The maximum atomic E-state index is 12.2. The van der Waals surface area contributed by atoms with Crippen LogP contribution in [-0.4, -0.2) is 23.1 Å². The quantitative estimate of drug-likeness (QED) is 0.778. The first-order chi connectivity index (χ1) is 11.6. The Hall–Kier alpha value is -2.34.